The van der Waals surface area contributed by atoms with Gasteiger partial charge in [-0.3, -0.25) is 0 Å². The van der Waals surface area contributed by atoms with Crippen LogP contribution < -0.4 is 17.3 Å². The van der Waals surface area contributed by atoms with Gasteiger partial charge < -0.3 is 32.6 Å². The molecule has 0 aromatic rings. The summed E-state index contributed by atoms with van der Waals surface area (Å²) < 4.78 is 0. The van der Waals surface area contributed by atoms with Gasteiger partial charge in [0.2, 0.25) is 0 Å². The third-order valence-electron chi connectivity index (χ3n) is 2.83. The first-order valence-corrected chi connectivity index (χ1v) is 4.07. The number of aliphatic hydroxyl groups excluding tert-OH is 3. The minimum absolute atomic E-state index is 0. The lowest BCUT2D eigenvalue weighted by Gasteiger charge is -2.11. The number of hydrogen-bond acceptors (Lipinski definition) is 3. The monoisotopic (exact) mass is 195 g/mol. The molecule has 1 unspecified atom stereocenters. The molecular formula is C7H14ClNO3. The molecule has 2 aliphatic heterocycles. The molecule has 0 aromatic heterocycles. The number of quaternary nitrogens is 1. The van der Waals surface area contributed by atoms with Crippen LogP contribution in [0.3, 0.4) is 0 Å². The molecule has 0 amide bonds. The number of halogens is 1. The molecule has 5 atom stereocenters. The van der Waals surface area contributed by atoms with E-state index in [4.69, 9.17) is 0 Å². The second-order valence-corrected chi connectivity index (χ2v) is 3.62. The van der Waals surface area contributed by atoms with Crippen LogP contribution in [0.2, 0.25) is 0 Å². The minimum atomic E-state index is -0.623. The van der Waals surface area contributed by atoms with Gasteiger partial charge in [-0.05, 0) is 0 Å². The molecular weight excluding hydrogens is 182 g/mol. The van der Waals surface area contributed by atoms with Crippen molar-refractivity contribution in [3.63, 3.8) is 0 Å². The van der Waals surface area contributed by atoms with Crippen LogP contribution in [0.25, 0.3) is 0 Å². The molecule has 72 valence electrons. The van der Waals surface area contributed by atoms with E-state index in [1.807, 2.05) is 0 Å². The summed E-state index contributed by atoms with van der Waals surface area (Å²) >= 11 is 0. The SMILES string of the molecule is O[C@@H]1C[C@@H]2[C@@H](O)[C@H](O)C[NH+]2C1.[Cl-]. The van der Waals surface area contributed by atoms with Crippen molar-refractivity contribution in [1.82, 2.24) is 0 Å². The van der Waals surface area contributed by atoms with Crippen molar-refractivity contribution < 1.29 is 32.6 Å². The highest BCUT2D eigenvalue weighted by atomic mass is 35.5. The number of rotatable bonds is 0. The summed E-state index contributed by atoms with van der Waals surface area (Å²) in [5.74, 6) is 0. The van der Waals surface area contributed by atoms with Gasteiger partial charge in [0, 0.05) is 6.42 Å². The zero-order chi connectivity index (χ0) is 8.01. The molecule has 12 heavy (non-hydrogen) atoms. The Hall–Kier alpha value is 0.130. The molecule has 0 spiro atoms. The average molecular weight is 196 g/mol. The van der Waals surface area contributed by atoms with Gasteiger partial charge in [-0.1, -0.05) is 0 Å². The summed E-state index contributed by atoms with van der Waals surface area (Å²) in [6, 6.07) is 0.0694. The van der Waals surface area contributed by atoms with Crippen molar-refractivity contribution in [3.8, 4) is 0 Å². The van der Waals surface area contributed by atoms with Gasteiger partial charge in [0.05, 0.1) is 0 Å². The molecule has 5 heteroatoms. The molecule has 0 bridgehead atoms. The predicted molar refractivity (Wildman–Crippen MR) is 37.1 cm³/mol. The van der Waals surface area contributed by atoms with Crippen LogP contribution in [0.15, 0.2) is 0 Å². The van der Waals surface area contributed by atoms with Crippen LogP contribution in [0.4, 0.5) is 0 Å². The first kappa shape index (κ1) is 10.2. The van der Waals surface area contributed by atoms with E-state index in [0.717, 1.165) is 4.90 Å². The lowest BCUT2D eigenvalue weighted by atomic mass is 10.1. The minimum Gasteiger partial charge on any atom is -1.00 e. The molecule has 4 nitrogen and oxygen atoms in total. The molecule has 2 saturated heterocycles. The average Bonchev–Trinajstić information content (AvgIpc) is 2.37. The van der Waals surface area contributed by atoms with Crippen LogP contribution in [0, 0.1) is 0 Å². The summed E-state index contributed by atoms with van der Waals surface area (Å²) in [5, 5.41) is 27.9. The maximum Gasteiger partial charge on any atom is 0.137 e. The van der Waals surface area contributed by atoms with Crippen LogP contribution >= 0.6 is 0 Å². The highest BCUT2D eigenvalue weighted by Crippen LogP contribution is 2.13. The molecule has 2 rings (SSSR count). The largest absolute Gasteiger partial charge is 1.00 e. The summed E-state index contributed by atoms with van der Waals surface area (Å²) in [4.78, 5) is 1.15. The maximum absolute atomic E-state index is 9.40. The van der Waals surface area contributed by atoms with E-state index in [9.17, 15) is 15.3 Å². The Morgan fingerprint density at radius 2 is 1.75 bits per heavy atom. The Kier molecular flexibility index (Phi) is 2.96. The second-order valence-electron chi connectivity index (χ2n) is 3.62. The smallest absolute Gasteiger partial charge is 0.137 e. The molecule has 0 aromatic carbocycles. The Morgan fingerprint density at radius 3 is 2.33 bits per heavy atom. The molecule has 0 aliphatic carbocycles. The van der Waals surface area contributed by atoms with Gasteiger partial charge in [0.1, 0.15) is 37.4 Å². The molecule has 2 fully saturated rings. The molecule has 2 aliphatic rings. The Labute approximate surface area is 77.2 Å². The third kappa shape index (κ3) is 1.45. The first-order chi connectivity index (χ1) is 5.18. The van der Waals surface area contributed by atoms with Crippen LogP contribution in [0.1, 0.15) is 6.42 Å². The van der Waals surface area contributed by atoms with E-state index in [1.165, 1.54) is 0 Å². The summed E-state index contributed by atoms with van der Waals surface area (Å²) in [5.41, 5.74) is 0. The third-order valence-corrected chi connectivity index (χ3v) is 2.83. The van der Waals surface area contributed by atoms with E-state index in [-0.39, 0.29) is 24.6 Å². The molecule has 4 N–H and O–H groups in total. The topological polar surface area (TPSA) is 65.1 Å². The van der Waals surface area contributed by atoms with E-state index >= 15 is 0 Å². The van der Waals surface area contributed by atoms with Gasteiger partial charge in [-0.2, -0.15) is 0 Å². The van der Waals surface area contributed by atoms with E-state index in [0.29, 0.717) is 19.5 Å². The first-order valence-electron chi connectivity index (χ1n) is 4.07. The van der Waals surface area contributed by atoms with Crippen molar-refractivity contribution in [3.05, 3.63) is 0 Å². The van der Waals surface area contributed by atoms with Crippen LogP contribution in [-0.2, 0) is 0 Å². The van der Waals surface area contributed by atoms with Crippen LogP contribution in [-0.4, -0.2) is 52.8 Å². The molecule has 2 heterocycles. The lowest BCUT2D eigenvalue weighted by molar-refractivity contribution is -0.902. The summed E-state index contributed by atoms with van der Waals surface area (Å²) in [6.45, 7) is 1.27. The summed E-state index contributed by atoms with van der Waals surface area (Å²) in [7, 11) is 0. The Morgan fingerprint density at radius 1 is 1.08 bits per heavy atom. The van der Waals surface area contributed by atoms with Gasteiger partial charge in [0.25, 0.3) is 0 Å². The fourth-order valence-electron chi connectivity index (χ4n) is 2.27. The van der Waals surface area contributed by atoms with Crippen molar-refractivity contribution >= 4 is 0 Å². The normalized spacial score (nSPS) is 51.8. The maximum atomic E-state index is 9.40. The quantitative estimate of drug-likeness (QED) is 0.311. The zero-order valence-electron chi connectivity index (χ0n) is 6.65. The zero-order valence-corrected chi connectivity index (χ0v) is 7.41. The second kappa shape index (κ2) is 3.47. The van der Waals surface area contributed by atoms with Crippen molar-refractivity contribution in [1.29, 1.82) is 0 Å². The van der Waals surface area contributed by atoms with E-state index < -0.39 is 12.2 Å². The van der Waals surface area contributed by atoms with Crippen LogP contribution in [0.5, 0.6) is 0 Å². The molecule has 0 radical (unpaired) electrons. The van der Waals surface area contributed by atoms with Gasteiger partial charge >= 0.3 is 0 Å². The predicted octanol–water partition coefficient (Wildman–Crippen LogP) is -6.26. The van der Waals surface area contributed by atoms with Crippen molar-refractivity contribution in [2.45, 2.75) is 30.8 Å². The number of nitrogens with one attached hydrogen (secondary N) is 1. The van der Waals surface area contributed by atoms with Gasteiger partial charge in [-0.15, -0.1) is 0 Å². The van der Waals surface area contributed by atoms with E-state index in [2.05, 4.69) is 0 Å². The number of fused-ring (bicyclic) bond motifs is 1. The number of hydrogen-bond donors (Lipinski definition) is 4. The molecule has 0 saturated carbocycles. The Bertz CT molecular complexity index is 169. The highest BCUT2D eigenvalue weighted by molar-refractivity contribution is 4.86. The lowest BCUT2D eigenvalue weighted by Crippen LogP contribution is -3.12. The van der Waals surface area contributed by atoms with Crippen molar-refractivity contribution in [2.24, 2.45) is 0 Å². The van der Waals surface area contributed by atoms with Gasteiger partial charge in [-0.25, -0.2) is 0 Å². The Balaban J connectivity index is 0.000000720. The number of aliphatic hydroxyl groups is 3. The standard InChI is InChI=1S/C7H13NO3.ClH/c9-4-1-5-7(11)6(10)3-8(5)2-4;/h4-7,9-11H,1-3H2;1H/t4-,5-,6-,7-;/m1./s1. The van der Waals surface area contributed by atoms with E-state index in [1.54, 1.807) is 0 Å². The highest BCUT2D eigenvalue weighted by Gasteiger charge is 2.49. The fourth-order valence-corrected chi connectivity index (χ4v) is 2.27. The fraction of sp³-hybridized carbons (Fsp3) is 1.00. The van der Waals surface area contributed by atoms with Gasteiger partial charge in [0.15, 0.2) is 0 Å². The van der Waals surface area contributed by atoms with Crippen molar-refractivity contribution in [2.75, 3.05) is 13.1 Å². The summed E-state index contributed by atoms with van der Waals surface area (Å²) in [6.07, 6.45) is -0.852.